The van der Waals surface area contributed by atoms with Crippen molar-refractivity contribution < 1.29 is 22.7 Å². The molecule has 3 aromatic rings. The number of ether oxygens (including phenoxy) is 1. The fourth-order valence-corrected chi connectivity index (χ4v) is 5.91. The van der Waals surface area contributed by atoms with Crippen LogP contribution in [0.1, 0.15) is 32.8 Å². The molecule has 11 heteroatoms. The van der Waals surface area contributed by atoms with Crippen LogP contribution in [0.15, 0.2) is 77.7 Å². The van der Waals surface area contributed by atoms with Crippen molar-refractivity contribution in [1.82, 2.24) is 10.2 Å². The minimum atomic E-state index is -4.23. The number of rotatable bonds is 12. The van der Waals surface area contributed by atoms with E-state index in [2.05, 4.69) is 5.32 Å². The molecule has 214 valence electrons. The molecule has 0 saturated heterocycles. The summed E-state index contributed by atoms with van der Waals surface area (Å²) >= 11 is 12.5. The fraction of sp³-hybridized carbons (Fsp3) is 0.310. The number of sulfonamides is 1. The molecule has 0 heterocycles. The van der Waals surface area contributed by atoms with Crippen LogP contribution in [0.4, 0.5) is 5.69 Å². The van der Waals surface area contributed by atoms with Crippen molar-refractivity contribution in [2.45, 2.75) is 50.7 Å². The van der Waals surface area contributed by atoms with E-state index in [9.17, 15) is 18.0 Å². The topological polar surface area (TPSA) is 96.0 Å². The van der Waals surface area contributed by atoms with Crippen LogP contribution < -0.4 is 14.4 Å². The van der Waals surface area contributed by atoms with E-state index in [-0.39, 0.29) is 34.1 Å². The van der Waals surface area contributed by atoms with E-state index in [0.29, 0.717) is 17.2 Å². The van der Waals surface area contributed by atoms with Gasteiger partial charge in [-0.2, -0.15) is 0 Å². The van der Waals surface area contributed by atoms with Crippen molar-refractivity contribution in [3.8, 4) is 5.75 Å². The highest BCUT2D eigenvalue weighted by Gasteiger charge is 2.33. The number of hydrogen-bond donors (Lipinski definition) is 1. The van der Waals surface area contributed by atoms with E-state index in [1.165, 1.54) is 35.2 Å². The molecule has 0 bridgehead atoms. The Morgan fingerprint density at radius 2 is 1.62 bits per heavy atom. The molecule has 3 rings (SSSR count). The van der Waals surface area contributed by atoms with Crippen molar-refractivity contribution in [2.75, 3.05) is 18.0 Å². The Hall–Kier alpha value is -3.27. The third-order valence-corrected chi connectivity index (χ3v) is 8.78. The lowest BCUT2D eigenvalue weighted by atomic mass is 10.1. The number of carbonyl (C=O) groups excluding carboxylic acids is 2. The number of amides is 2. The Morgan fingerprint density at radius 3 is 2.20 bits per heavy atom. The molecule has 3 aromatic carbocycles. The number of carbonyl (C=O) groups is 2. The Labute approximate surface area is 245 Å². The summed E-state index contributed by atoms with van der Waals surface area (Å²) in [6, 6.07) is 18.2. The summed E-state index contributed by atoms with van der Waals surface area (Å²) in [5.41, 5.74) is 0.823. The summed E-state index contributed by atoms with van der Waals surface area (Å²) in [6.07, 6.45) is 0.711. The third-order valence-electron chi connectivity index (χ3n) is 6.47. The van der Waals surface area contributed by atoms with Crippen LogP contribution in [0.5, 0.6) is 5.75 Å². The van der Waals surface area contributed by atoms with Gasteiger partial charge in [-0.3, -0.25) is 13.9 Å². The van der Waals surface area contributed by atoms with Gasteiger partial charge in [0.15, 0.2) is 0 Å². The van der Waals surface area contributed by atoms with Gasteiger partial charge in [0.25, 0.3) is 10.0 Å². The number of halogens is 2. The van der Waals surface area contributed by atoms with Gasteiger partial charge in [0.1, 0.15) is 18.3 Å². The van der Waals surface area contributed by atoms with Crippen molar-refractivity contribution in [1.29, 1.82) is 0 Å². The van der Waals surface area contributed by atoms with Crippen LogP contribution in [0.3, 0.4) is 0 Å². The molecular weight excluding hydrogens is 573 g/mol. The average Bonchev–Trinajstić information content (AvgIpc) is 2.95. The van der Waals surface area contributed by atoms with Crippen molar-refractivity contribution in [3.05, 3.63) is 88.4 Å². The molecule has 0 unspecified atom stereocenters. The maximum Gasteiger partial charge on any atom is 0.264 e. The smallest absolute Gasteiger partial charge is 0.264 e. The molecule has 0 aromatic heterocycles. The van der Waals surface area contributed by atoms with Crippen molar-refractivity contribution in [2.24, 2.45) is 0 Å². The molecule has 0 aliphatic rings. The van der Waals surface area contributed by atoms with Crippen LogP contribution in [0, 0.1) is 0 Å². The summed E-state index contributed by atoms with van der Waals surface area (Å²) in [5, 5.41) is 3.28. The predicted molar refractivity (Wildman–Crippen MR) is 158 cm³/mol. The predicted octanol–water partition coefficient (Wildman–Crippen LogP) is 5.53. The molecule has 2 atom stereocenters. The monoisotopic (exact) mass is 605 g/mol. The van der Waals surface area contributed by atoms with Crippen molar-refractivity contribution in [3.63, 3.8) is 0 Å². The van der Waals surface area contributed by atoms with Gasteiger partial charge in [0.05, 0.1) is 22.7 Å². The zero-order chi connectivity index (χ0) is 29.4. The number of hydrogen-bond acceptors (Lipinski definition) is 5. The van der Waals surface area contributed by atoms with Gasteiger partial charge in [-0.05, 0) is 68.3 Å². The molecule has 0 aliphatic carbocycles. The quantitative estimate of drug-likeness (QED) is 0.293. The van der Waals surface area contributed by atoms with Gasteiger partial charge in [-0.15, -0.1) is 0 Å². The van der Waals surface area contributed by atoms with E-state index >= 15 is 0 Å². The van der Waals surface area contributed by atoms with E-state index in [4.69, 9.17) is 27.9 Å². The van der Waals surface area contributed by atoms with Gasteiger partial charge in [-0.25, -0.2) is 8.42 Å². The first kappa shape index (κ1) is 31.3. The zero-order valence-corrected chi connectivity index (χ0v) is 25.1. The van der Waals surface area contributed by atoms with Crippen LogP contribution in [-0.2, 0) is 26.2 Å². The number of nitrogens with one attached hydrogen (secondary N) is 1. The van der Waals surface area contributed by atoms with Gasteiger partial charge in [-0.1, -0.05) is 60.5 Å². The number of anilines is 1. The minimum Gasteiger partial charge on any atom is -0.497 e. The molecule has 0 spiro atoms. The molecular formula is C29H33Cl2N3O5S. The third kappa shape index (κ3) is 7.68. The molecule has 8 nitrogen and oxygen atoms in total. The van der Waals surface area contributed by atoms with Gasteiger partial charge in [0, 0.05) is 17.6 Å². The van der Waals surface area contributed by atoms with Crippen LogP contribution >= 0.6 is 23.2 Å². The first-order chi connectivity index (χ1) is 19.0. The van der Waals surface area contributed by atoms with Crippen LogP contribution in [0.2, 0.25) is 10.0 Å². The normalized spacial score (nSPS) is 12.8. The summed E-state index contributed by atoms with van der Waals surface area (Å²) in [7, 11) is -2.68. The van der Waals surface area contributed by atoms with E-state index < -0.39 is 28.5 Å². The molecule has 0 saturated carbocycles. The molecule has 0 fully saturated rings. The zero-order valence-electron chi connectivity index (χ0n) is 22.8. The average molecular weight is 607 g/mol. The Morgan fingerprint density at radius 1 is 0.975 bits per heavy atom. The summed E-state index contributed by atoms with van der Waals surface area (Å²) in [6.45, 7) is 4.89. The SMILES string of the molecule is CC[C@@H](C)NC(=O)[C@H](C)N(Cc1ccc(OC)cc1)C(=O)CN(c1ccc(Cl)cc1Cl)S(=O)(=O)c1ccccc1. The van der Waals surface area contributed by atoms with Gasteiger partial charge >= 0.3 is 0 Å². The first-order valence-corrected chi connectivity index (χ1v) is 14.9. The second-order valence-electron chi connectivity index (χ2n) is 9.28. The van der Waals surface area contributed by atoms with E-state index in [1.54, 1.807) is 56.5 Å². The van der Waals surface area contributed by atoms with Crippen LogP contribution in [0.25, 0.3) is 0 Å². The lowest BCUT2D eigenvalue weighted by Crippen LogP contribution is -2.52. The Bertz CT molecular complexity index is 1420. The Balaban J connectivity index is 2.04. The summed E-state index contributed by atoms with van der Waals surface area (Å²) in [5.74, 6) is -0.298. The van der Waals surface area contributed by atoms with Crippen molar-refractivity contribution >= 4 is 50.7 Å². The van der Waals surface area contributed by atoms with Crippen LogP contribution in [-0.4, -0.2) is 50.9 Å². The second-order valence-corrected chi connectivity index (χ2v) is 12.0. The Kier molecular flexibility index (Phi) is 10.8. The molecule has 0 aliphatic heterocycles. The largest absolute Gasteiger partial charge is 0.497 e. The fourth-order valence-electron chi connectivity index (χ4n) is 3.89. The van der Waals surface area contributed by atoms with E-state index in [1.807, 2.05) is 13.8 Å². The molecule has 1 N–H and O–H groups in total. The van der Waals surface area contributed by atoms with Gasteiger partial charge < -0.3 is 15.0 Å². The maximum atomic E-state index is 14.0. The number of methoxy groups -OCH3 is 1. The maximum absolute atomic E-state index is 14.0. The van der Waals surface area contributed by atoms with E-state index in [0.717, 1.165) is 9.87 Å². The second kappa shape index (κ2) is 13.9. The first-order valence-electron chi connectivity index (χ1n) is 12.7. The summed E-state index contributed by atoms with van der Waals surface area (Å²) < 4.78 is 33.8. The number of nitrogens with zero attached hydrogens (tertiary/aromatic N) is 2. The summed E-state index contributed by atoms with van der Waals surface area (Å²) in [4.78, 5) is 28.4. The molecule has 40 heavy (non-hydrogen) atoms. The van der Waals surface area contributed by atoms with Gasteiger partial charge in [0.2, 0.25) is 11.8 Å². The molecule has 0 radical (unpaired) electrons. The lowest BCUT2D eigenvalue weighted by molar-refractivity contribution is -0.139. The molecule has 2 amide bonds. The lowest BCUT2D eigenvalue weighted by Gasteiger charge is -2.32. The highest BCUT2D eigenvalue weighted by Crippen LogP contribution is 2.33. The number of benzene rings is 3. The highest BCUT2D eigenvalue weighted by atomic mass is 35.5. The highest BCUT2D eigenvalue weighted by molar-refractivity contribution is 7.92. The standard InChI is InChI=1S/C29H33Cl2N3O5S/c1-5-20(2)32-29(36)21(3)33(18-22-11-14-24(39-4)15-12-22)28(35)19-34(27-16-13-23(30)17-26(27)31)40(37,38)25-9-7-6-8-10-25/h6-17,20-21H,5,18-19H2,1-4H3,(H,32,36)/t20-,21+/m1/s1. The minimum absolute atomic E-state index is 0.0157.